The number of aliphatic imine (C=N–C) groups is 1. The fourth-order valence-electron chi connectivity index (χ4n) is 3.25. The second-order valence-electron chi connectivity index (χ2n) is 7.28. The number of nitrogens with one attached hydrogen (secondary N) is 3. The Balaban J connectivity index is 1.56. The third kappa shape index (κ3) is 6.04. The lowest BCUT2D eigenvalue weighted by Gasteiger charge is -2.18. The van der Waals surface area contributed by atoms with E-state index >= 15 is 0 Å². The van der Waals surface area contributed by atoms with Crippen LogP contribution >= 0.6 is 0 Å². The first-order valence-electron chi connectivity index (χ1n) is 10.4. The molecule has 1 heterocycles. The molecule has 0 atom stereocenters. The fourth-order valence-corrected chi connectivity index (χ4v) is 4.30. The molecule has 8 nitrogen and oxygen atoms in total. The van der Waals surface area contributed by atoms with E-state index in [1.165, 1.54) is 23.2 Å². The number of amidine groups is 1. The van der Waals surface area contributed by atoms with E-state index in [1.807, 2.05) is 31.2 Å². The van der Waals surface area contributed by atoms with Crippen molar-refractivity contribution in [3.8, 4) is 0 Å². The zero-order valence-electron chi connectivity index (χ0n) is 17.9. The number of hydrogen-bond donors (Lipinski definition) is 3. The van der Waals surface area contributed by atoms with Crippen molar-refractivity contribution in [3.05, 3.63) is 77.7 Å². The van der Waals surface area contributed by atoms with Gasteiger partial charge in [-0.15, -0.1) is 0 Å². The number of hydrogen-bond acceptors (Lipinski definition) is 6. The molecule has 3 N–H and O–H groups in total. The molecule has 9 heteroatoms. The Labute approximate surface area is 188 Å². The van der Waals surface area contributed by atoms with Gasteiger partial charge < -0.3 is 10.2 Å². The summed E-state index contributed by atoms with van der Waals surface area (Å²) in [6.07, 6.45) is 4.33. The monoisotopic (exact) mass is 453 g/mol. The van der Waals surface area contributed by atoms with Gasteiger partial charge in [-0.05, 0) is 43.0 Å². The predicted octanol–water partition coefficient (Wildman–Crippen LogP) is 2.63. The van der Waals surface area contributed by atoms with Crippen molar-refractivity contribution in [3.63, 3.8) is 0 Å². The van der Waals surface area contributed by atoms with Gasteiger partial charge in [-0.25, -0.2) is 8.42 Å². The first-order valence-corrected chi connectivity index (χ1v) is 11.9. The van der Waals surface area contributed by atoms with Crippen LogP contribution in [-0.4, -0.2) is 44.4 Å². The highest BCUT2D eigenvalue weighted by atomic mass is 32.2. The van der Waals surface area contributed by atoms with Crippen LogP contribution in [-0.2, 0) is 21.2 Å². The second-order valence-corrected chi connectivity index (χ2v) is 8.96. The van der Waals surface area contributed by atoms with Crippen LogP contribution in [0.5, 0.6) is 0 Å². The van der Waals surface area contributed by atoms with Crippen molar-refractivity contribution in [2.75, 3.05) is 13.1 Å². The van der Waals surface area contributed by atoms with Crippen LogP contribution in [0.3, 0.4) is 0 Å². The lowest BCUT2D eigenvalue weighted by atomic mass is 10.0. The van der Waals surface area contributed by atoms with Crippen molar-refractivity contribution in [2.45, 2.75) is 31.1 Å². The minimum Gasteiger partial charge on any atom is -0.364 e. The quantitative estimate of drug-likeness (QED) is 0.291. The molecule has 0 aromatic heterocycles. The van der Waals surface area contributed by atoms with Gasteiger partial charge in [0, 0.05) is 13.0 Å². The van der Waals surface area contributed by atoms with Crippen LogP contribution in [0.25, 0.3) is 0 Å². The molecule has 0 aliphatic carbocycles. The Bertz CT molecular complexity index is 1110. The zero-order chi connectivity index (χ0) is 23.0. The second kappa shape index (κ2) is 10.7. The van der Waals surface area contributed by atoms with Gasteiger partial charge >= 0.3 is 0 Å². The Kier molecular flexibility index (Phi) is 7.77. The van der Waals surface area contributed by atoms with Crippen LogP contribution in [0.15, 0.2) is 76.5 Å². The highest BCUT2D eigenvalue weighted by Gasteiger charge is 2.17. The summed E-state index contributed by atoms with van der Waals surface area (Å²) in [6, 6.07) is 16.2. The van der Waals surface area contributed by atoms with E-state index in [0.717, 1.165) is 29.7 Å². The van der Waals surface area contributed by atoms with E-state index < -0.39 is 10.0 Å². The number of nitrogens with zero attached hydrogens (tertiary/aromatic N) is 2. The average Bonchev–Trinajstić information content (AvgIpc) is 2.81. The van der Waals surface area contributed by atoms with Gasteiger partial charge in [0.1, 0.15) is 11.7 Å². The van der Waals surface area contributed by atoms with E-state index in [2.05, 4.69) is 15.0 Å². The molecule has 1 amide bonds. The first kappa shape index (κ1) is 23.2. The lowest BCUT2D eigenvalue weighted by Crippen LogP contribution is -2.36. The zero-order valence-corrected chi connectivity index (χ0v) is 18.7. The molecule has 0 unspecified atom stereocenters. The van der Waals surface area contributed by atoms with Gasteiger partial charge in [-0.2, -0.15) is 0 Å². The van der Waals surface area contributed by atoms with Gasteiger partial charge in [0.15, 0.2) is 0 Å². The standard InChI is InChI=1S/C23H27N5O3S/c1-2-28(17-29)22(24)10-6-7-18-11-13-19(14-12-18)21-15-26-23(16-25-21)27-32(30,31)20-8-4-3-5-9-20/h3-5,8-9,11-14,16-17,24,26-27H,2,6-7,10,15H2,1H3. The van der Waals surface area contributed by atoms with E-state index in [0.29, 0.717) is 37.6 Å². The van der Waals surface area contributed by atoms with Crippen LogP contribution in [0.4, 0.5) is 0 Å². The van der Waals surface area contributed by atoms with Crippen molar-refractivity contribution >= 4 is 28.0 Å². The van der Waals surface area contributed by atoms with Gasteiger partial charge in [0.2, 0.25) is 6.41 Å². The molecule has 1 aliphatic heterocycles. The molecule has 3 rings (SSSR count). The number of aryl methyl sites for hydroxylation is 1. The van der Waals surface area contributed by atoms with E-state index in [-0.39, 0.29) is 4.90 Å². The summed E-state index contributed by atoms with van der Waals surface area (Å²) in [5.74, 6) is 0.667. The summed E-state index contributed by atoms with van der Waals surface area (Å²) in [5, 5.41) is 11.0. The summed E-state index contributed by atoms with van der Waals surface area (Å²) in [7, 11) is -3.66. The van der Waals surface area contributed by atoms with Gasteiger partial charge in [-0.3, -0.25) is 19.9 Å². The molecular weight excluding hydrogens is 426 g/mol. The average molecular weight is 454 g/mol. The van der Waals surface area contributed by atoms with Crippen molar-refractivity contribution < 1.29 is 13.2 Å². The molecule has 1 aliphatic rings. The maximum Gasteiger partial charge on any atom is 0.263 e. The van der Waals surface area contributed by atoms with Crippen LogP contribution in [0.2, 0.25) is 0 Å². The number of carbonyl (C=O) groups excluding carboxylic acids is 1. The summed E-state index contributed by atoms with van der Waals surface area (Å²) in [4.78, 5) is 16.9. The number of rotatable bonds is 10. The fraction of sp³-hybridized carbons (Fsp3) is 0.261. The van der Waals surface area contributed by atoms with Crippen LogP contribution < -0.4 is 10.0 Å². The number of amides is 1. The molecule has 0 radical (unpaired) electrons. The third-order valence-electron chi connectivity index (χ3n) is 5.07. The van der Waals surface area contributed by atoms with Crippen LogP contribution in [0.1, 0.15) is 30.9 Å². The lowest BCUT2D eigenvalue weighted by molar-refractivity contribution is -0.114. The summed E-state index contributed by atoms with van der Waals surface area (Å²) in [5.41, 5.74) is 2.91. The molecule has 168 valence electrons. The van der Waals surface area contributed by atoms with Gasteiger partial charge in [0.25, 0.3) is 10.0 Å². The third-order valence-corrected chi connectivity index (χ3v) is 6.46. The van der Waals surface area contributed by atoms with E-state index in [1.54, 1.807) is 18.2 Å². The predicted molar refractivity (Wildman–Crippen MR) is 125 cm³/mol. The van der Waals surface area contributed by atoms with E-state index in [4.69, 9.17) is 5.41 Å². The normalized spacial score (nSPS) is 13.4. The van der Waals surface area contributed by atoms with Crippen molar-refractivity contribution in [1.29, 1.82) is 5.41 Å². The SMILES string of the molecule is CCN(C=O)C(=N)CCCc1ccc(C2=NC=C(NS(=O)(=O)c3ccccc3)NC2)cc1. The largest absolute Gasteiger partial charge is 0.364 e. The topological polar surface area (TPSA) is 115 Å². The summed E-state index contributed by atoms with van der Waals surface area (Å²) < 4.78 is 27.3. The molecule has 0 fully saturated rings. The smallest absolute Gasteiger partial charge is 0.263 e. The van der Waals surface area contributed by atoms with E-state index in [9.17, 15) is 13.2 Å². The Morgan fingerprint density at radius 1 is 1.19 bits per heavy atom. The molecule has 0 bridgehead atoms. The molecule has 0 saturated heterocycles. The molecule has 2 aromatic carbocycles. The first-order chi connectivity index (χ1) is 15.4. The van der Waals surface area contributed by atoms with Gasteiger partial charge in [-0.1, -0.05) is 42.5 Å². The Hall–Kier alpha value is -3.46. The van der Waals surface area contributed by atoms with Crippen molar-refractivity contribution in [1.82, 2.24) is 14.9 Å². The maximum atomic E-state index is 12.4. The highest BCUT2D eigenvalue weighted by Crippen LogP contribution is 2.13. The highest BCUT2D eigenvalue weighted by molar-refractivity contribution is 7.89. The minimum absolute atomic E-state index is 0.191. The molecule has 2 aromatic rings. The maximum absolute atomic E-state index is 12.4. The van der Waals surface area contributed by atoms with Crippen molar-refractivity contribution in [2.24, 2.45) is 4.99 Å². The number of carbonyl (C=O) groups is 1. The summed E-state index contributed by atoms with van der Waals surface area (Å²) in [6.45, 7) is 2.76. The molecule has 0 saturated carbocycles. The minimum atomic E-state index is -3.66. The van der Waals surface area contributed by atoms with Crippen LogP contribution in [0, 0.1) is 5.41 Å². The Morgan fingerprint density at radius 2 is 1.91 bits per heavy atom. The number of benzene rings is 2. The molecule has 32 heavy (non-hydrogen) atoms. The summed E-state index contributed by atoms with van der Waals surface area (Å²) >= 11 is 0. The molecular formula is C23H27N5O3S. The molecule has 0 spiro atoms. The Morgan fingerprint density at radius 3 is 2.50 bits per heavy atom. The van der Waals surface area contributed by atoms with Gasteiger partial charge in [0.05, 0.1) is 23.4 Å². The number of sulfonamides is 1.